The van der Waals surface area contributed by atoms with Crippen LogP contribution in [0.5, 0.6) is 5.75 Å². The van der Waals surface area contributed by atoms with Crippen LogP contribution in [0.15, 0.2) is 48.7 Å². The molecule has 0 spiro atoms. The number of unbranched alkanes of at least 4 members (excludes halogenated alkanes) is 3. The van der Waals surface area contributed by atoms with Crippen LogP contribution in [0.4, 0.5) is 5.69 Å². The molecule has 2 aromatic heterocycles. The molecule has 1 N–H and O–H groups in total. The molecule has 3 rings (SSSR count). The van der Waals surface area contributed by atoms with Crippen molar-refractivity contribution >= 4 is 17.2 Å². The number of amides is 1. The molecule has 0 aliphatic heterocycles. The lowest BCUT2D eigenvalue weighted by molar-refractivity contribution is 0.102. The quantitative estimate of drug-likeness (QED) is 0.590. The van der Waals surface area contributed by atoms with E-state index in [-0.39, 0.29) is 5.91 Å². The Morgan fingerprint density at radius 1 is 1.12 bits per heavy atom. The first-order chi connectivity index (χ1) is 12.7. The van der Waals surface area contributed by atoms with E-state index in [2.05, 4.69) is 17.2 Å². The Morgan fingerprint density at radius 2 is 1.92 bits per heavy atom. The highest BCUT2D eigenvalue weighted by Crippen LogP contribution is 2.18. The molecule has 1 aromatic carbocycles. The Kier molecular flexibility index (Phi) is 5.89. The molecule has 3 aromatic rings. The van der Waals surface area contributed by atoms with Crippen LogP contribution >= 0.6 is 0 Å². The summed E-state index contributed by atoms with van der Waals surface area (Å²) in [5.74, 6) is 0.653. The van der Waals surface area contributed by atoms with Crippen molar-refractivity contribution < 1.29 is 9.53 Å². The van der Waals surface area contributed by atoms with Crippen LogP contribution in [-0.4, -0.2) is 21.9 Å². The topological polar surface area (TPSA) is 55.6 Å². The number of anilines is 1. The van der Waals surface area contributed by atoms with Crippen molar-refractivity contribution in [1.82, 2.24) is 9.38 Å². The molecule has 5 heteroatoms. The normalized spacial score (nSPS) is 10.8. The third-order valence-corrected chi connectivity index (χ3v) is 4.30. The summed E-state index contributed by atoms with van der Waals surface area (Å²) in [5.41, 5.74) is 2.76. The fourth-order valence-electron chi connectivity index (χ4n) is 2.93. The summed E-state index contributed by atoms with van der Waals surface area (Å²) in [7, 11) is 0. The predicted octanol–water partition coefficient (Wildman–Crippen LogP) is 4.85. The van der Waals surface area contributed by atoms with E-state index in [0.29, 0.717) is 11.4 Å². The van der Waals surface area contributed by atoms with E-state index in [1.807, 2.05) is 55.6 Å². The van der Waals surface area contributed by atoms with Crippen LogP contribution in [0.2, 0.25) is 0 Å². The van der Waals surface area contributed by atoms with Gasteiger partial charge in [-0.3, -0.25) is 9.20 Å². The van der Waals surface area contributed by atoms with E-state index in [0.717, 1.165) is 30.1 Å². The lowest BCUT2D eigenvalue weighted by atomic mass is 10.2. The number of benzene rings is 1. The average molecular weight is 351 g/mol. The van der Waals surface area contributed by atoms with Crippen molar-refractivity contribution in [2.24, 2.45) is 0 Å². The number of nitrogens with one attached hydrogen (secondary N) is 1. The van der Waals surface area contributed by atoms with Crippen molar-refractivity contribution in [3.05, 3.63) is 60.0 Å². The lowest BCUT2D eigenvalue weighted by Gasteiger charge is -2.09. The minimum atomic E-state index is -0.172. The molecule has 0 saturated heterocycles. The number of pyridine rings is 1. The minimum Gasteiger partial charge on any atom is -0.494 e. The van der Waals surface area contributed by atoms with Gasteiger partial charge in [-0.1, -0.05) is 32.3 Å². The third-order valence-electron chi connectivity index (χ3n) is 4.30. The zero-order chi connectivity index (χ0) is 18.4. The number of carbonyl (C=O) groups is 1. The van der Waals surface area contributed by atoms with Crippen molar-refractivity contribution in [1.29, 1.82) is 0 Å². The Bertz CT molecular complexity index is 869. The van der Waals surface area contributed by atoms with Gasteiger partial charge in [0.1, 0.15) is 17.1 Å². The van der Waals surface area contributed by atoms with Gasteiger partial charge in [-0.2, -0.15) is 0 Å². The molecule has 0 radical (unpaired) electrons. The number of aromatic nitrogens is 2. The maximum absolute atomic E-state index is 12.7. The molecule has 0 fully saturated rings. The molecule has 0 bridgehead atoms. The van der Waals surface area contributed by atoms with Gasteiger partial charge in [0.25, 0.3) is 5.91 Å². The van der Waals surface area contributed by atoms with Crippen LogP contribution in [0.3, 0.4) is 0 Å². The number of carbonyl (C=O) groups excluding carboxylic acids is 1. The summed E-state index contributed by atoms with van der Waals surface area (Å²) in [6.45, 7) is 4.77. The van der Waals surface area contributed by atoms with Gasteiger partial charge >= 0.3 is 0 Å². The first kappa shape index (κ1) is 18.0. The highest BCUT2D eigenvalue weighted by Gasteiger charge is 2.16. The third kappa shape index (κ3) is 4.23. The summed E-state index contributed by atoms with van der Waals surface area (Å²) in [6.07, 6.45) is 6.58. The number of rotatable bonds is 8. The van der Waals surface area contributed by atoms with Crippen LogP contribution in [0.25, 0.3) is 5.65 Å². The maximum Gasteiger partial charge on any atom is 0.274 e. The predicted molar refractivity (Wildman–Crippen MR) is 104 cm³/mol. The van der Waals surface area contributed by atoms with Gasteiger partial charge in [0.05, 0.1) is 12.3 Å². The second-order valence-corrected chi connectivity index (χ2v) is 6.36. The maximum atomic E-state index is 12.7. The summed E-state index contributed by atoms with van der Waals surface area (Å²) < 4.78 is 7.54. The molecule has 5 nitrogen and oxygen atoms in total. The highest BCUT2D eigenvalue weighted by atomic mass is 16.5. The van der Waals surface area contributed by atoms with Crippen molar-refractivity contribution in [3.8, 4) is 5.75 Å². The van der Waals surface area contributed by atoms with Gasteiger partial charge in [-0.15, -0.1) is 0 Å². The van der Waals surface area contributed by atoms with E-state index < -0.39 is 0 Å². The van der Waals surface area contributed by atoms with Crippen molar-refractivity contribution in [3.63, 3.8) is 0 Å². The molecule has 136 valence electrons. The van der Waals surface area contributed by atoms with Gasteiger partial charge < -0.3 is 10.1 Å². The molecule has 2 heterocycles. The lowest BCUT2D eigenvalue weighted by Crippen LogP contribution is -2.15. The monoisotopic (exact) mass is 351 g/mol. The summed E-state index contributed by atoms with van der Waals surface area (Å²) in [6, 6.07) is 13.2. The number of hydrogen-bond acceptors (Lipinski definition) is 3. The molecule has 26 heavy (non-hydrogen) atoms. The Morgan fingerprint density at radius 3 is 2.69 bits per heavy atom. The average Bonchev–Trinajstić information content (AvgIpc) is 2.98. The van der Waals surface area contributed by atoms with Gasteiger partial charge in [0, 0.05) is 11.9 Å². The second kappa shape index (κ2) is 8.52. The van der Waals surface area contributed by atoms with Crippen molar-refractivity contribution in [2.45, 2.75) is 39.5 Å². The van der Waals surface area contributed by atoms with Gasteiger partial charge in [0.15, 0.2) is 0 Å². The van der Waals surface area contributed by atoms with Crippen molar-refractivity contribution in [2.75, 3.05) is 11.9 Å². The Labute approximate surface area is 154 Å². The van der Waals surface area contributed by atoms with Crippen LogP contribution in [0, 0.1) is 6.92 Å². The van der Waals surface area contributed by atoms with Gasteiger partial charge in [-0.05, 0) is 49.7 Å². The van der Waals surface area contributed by atoms with Crippen LogP contribution in [0.1, 0.15) is 48.8 Å². The summed E-state index contributed by atoms with van der Waals surface area (Å²) in [4.78, 5) is 17.1. The smallest absolute Gasteiger partial charge is 0.274 e. The number of imidazole rings is 1. The highest BCUT2D eigenvalue weighted by molar-refractivity contribution is 6.04. The fourth-order valence-corrected chi connectivity index (χ4v) is 2.93. The Balaban J connectivity index is 1.61. The SMILES string of the molecule is CCCCCCOc1ccc(NC(=O)c2c(C)nc3ccccn23)cc1. The minimum absolute atomic E-state index is 0.172. The molecule has 0 aliphatic rings. The van der Waals surface area contributed by atoms with E-state index in [1.165, 1.54) is 19.3 Å². The van der Waals surface area contributed by atoms with E-state index in [4.69, 9.17) is 4.74 Å². The zero-order valence-corrected chi connectivity index (χ0v) is 15.4. The molecule has 0 atom stereocenters. The fraction of sp³-hybridized carbons (Fsp3) is 0.333. The molecular formula is C21H25N3O2. The number of fused-ring (bicyclic) bond motifs is 1. The van der Waals surface area contributed by atoms with E-state index in [1.54, 1.807) is 4.40 Å². The Hall–Kier alpha value is -2.82. The first-order valence-electron chi connectivity index (χ1n) is 9.17. The number of nitrogens with zero attached hydrogens (tertiary/aromatic N) is 2. The summed E-state index contributed by atoms with van der Waals surface area (Å²) >= 11 is 0. The number of hydrogen-bond donors (Lipinski definition) is 1. The van der Waals surface area contributed by atoms with Gasteiger partial charge in [-0.25, -0.2) is 4.98 Å². The number of aryl methyl sites for hydroxylation is 1. The molecule has 1 amide bonds. The number of ether oxygens (including phenoxy) is 1. The van der Waals surface area contributed by atoms with Crippen LogP contribution < -0.4 is 10.1 Å². The molecular weight excluding hydrogens is 326 g/mol. The largest absolute Gasteiger partial charge is 0.494 e. The summed E-state index contributed by atoms with van der Waals surface area (Å²) in [5, 5.41) is 2.93. The second-order valence-electron chi connectivity index (χ2n) is 6.36. The molecule has 0 saturated carbocycles. The molecule has 0 aliphatic carbocycles. The van der Waals surface area contributed by atoms with E-state index >= 15 is 0 Å². The first-order valence-corrected chi connectivity index (χ1v) is 9.17. The molecule has 0 unspecified atom stereocenters. The zero-order valence-electron chi connectivity index (χ0n) is 15.4. The standard InChI is InChI=1S/C21H25N3O2/c1-3-4-5-8-15-26-18-12-10-17(11-13-18)23-21(25)20-16(2)22-19-9-6-7-14-24(19)20/h6-7,9-14H,3-5,8,15H2,1-2H3,(H,23,25). The van der Waals surface area contributed by atoms with Crippen LogP contribution in [-0.2, 0) is 0 Å². The van der Waals surface area contributed by atoms with E-state index in [9.17, 15) is 4.79 Å². The van der Waals surface area contributed by atoms with Gasteiger partial charge in [0.2, 0.25) is 0 Å².